The van der Waals surface area contributed by atoms with Gasteiger partial charge in [-0.2, -0.15) is 0 Å². The number of nitrogens with one attached hydrogen (secondary N) is 2. The molecule has 118 valence electrons. The van der Waals surface area contributed by atoms with Crippen molar-refractivity contribution in [3.8, 4) is 11.4 Å². The molecule has 0 unspecified atom stereocenters. The Morgan fingerprint density at radius 2 is 2.22 bits per heavy atom. The zero-order chi connectivity index (χ0) is 16.1. The fourth-order valence-electron chi connectivity index (χ4n) is 1.97. The summed E-state index contributed by atoms with van der Waals surface area (Å²) in [6, 6.07) is 7.13. The molecule has 0 aliphatic rings. The number of rotatable bonds is 6. The van der Waals surface area contributed by atoms with Crippen molar-refractivity contribution in [3.05, 3.63) is 48.7 Å². The average Bonchev–Trinajstić information content (AvgIpc) is 3.25. The normalized spacial score (nSPS) is 12.0. The lowest BCUT2D eigenvalue weighted by atomic mass is 10.2. The lowest BCUT2D eigenvalue weighted by Gasteiger charge is -2.10. The van der Waals surface area contributed by atoms with Crippen molar-refractivity contribution >= 4 is 17.7 Å². The van der Waals surface area contributed by atoms with E-state index in [1.165, 1.54) is 11.8 Å². The molecule has 0 aliphatic carbocycles. The second-order valence-corrected chi connectivity index (χ2v) is 5.74. The van der Waals surface area contributed by atoms with Gasteiger partial charge < -0.3 is 9.73 Å². The molecule has 8 heteroatoms. The first-order valence-corrected chi connectivity index (χ1v) is 7.99. The van der Waals surface area contributed by atoms with Gasteiger partial charge in [-0.05, 0) is 31.2 Å². The fourth-order valence-corrected chi connectivity index (χ4v) is 2.58. The van der Waals surface area contributed by atoms with E-state index in [-0.39, 0.29) is 17.7 Å². The summed E-state index contributed by atoms with van der Waals surface area (Å²) < 4.78 is 5.25. The molecule has 0 aromatic carbocycles. The van der Waals surface area contributed by atoms with Crippen LogP contribution in [0.3, 0.4) is 0 Å². The van der Waals surface area contributed by atoms with Crippen LogP contribution >= 0.6 is 11.8 Å². The van der Waals surface area contributed by atoms with Crippen LogP contribution in [0.4, 0.5) is 0 Å². The Hall–Kier alpha value is -2.61. The number of hydrogen-bond acceptors (Lipinski definition) is 6. The highest BCUT2D eigenvalue weighted by Gasteiger charge is 2.13. The van der Waals surface area contributed by atoms with Crippen molar-refractivity contribution in [2.45, 2.75) is 18.1 Å². The number of carbonyl (C=O) groups excluding carboxylic acids is 1. The Balaban J connectivity index is 1.52. The van der Waals surface area contributed by atoms with E-state index in [1.807, 2.05) is 25.1 Å². The molecule has 3 heterocycles. The molecule has 0 fully saturated rings. The smallest absolute Gasteiger partial charge is 0.231 e. The van der Waals surface area contributed by atoms with E-state index in [0.29, 0.717) is 11.0 Å². The number of hydrogen-bond donors (Lipinski definition) is 2. The Kier molecular flexibility index (Phi) is 4.72. The molecule has 0 aliphatic heterocycles. The summed E-state index contributed by atoms with van der Waals surface area (Å²) in [6.07, 6.45) is 4.96. The van der Waals surface area contributed by atoms with E-state index in [1.54, 1.807) is 24.7 Å². The van der Waals surface area contributed by atoms with Crippen LogP contribution < -0.4 is 5.32 Å². The van der Waals surface area contributed by atoms with Gasteiger partial charge in [0.2, 0.25) is 11.1 Å². The maximum absolute atomic E-state index is 12.0. The number of carbonyl (C=O) groups is 1. The van der Waals surface area contributed by atoms with Gasteiger partial charge in [-0.15, -0.1) is 5.10 Å². The van der Waals surface area contributed by atoms with Crippen LogP contribution in [0.2, 0.25) is 0 Å². The monoisotopic (exact) mass is 329 g/mol. The van der Waals surface area contributed by atoms with Gasteiger partial charge in [-0.1, -0.05) is 11.8 Å². The number of furan rings is 1. The minimum Gasteiger partial charge on any atom is -0.467 e. The van der Waals surface area contributed by atoms with Gasteiger partial charge in [0.1, 0.15) is 5.76 Å². The number of pyridine rings is 1. The first-order valence-electron chi connectivity index (χ1n) is 7.01. The molecule has 1 amide bonds. The van der Waals surface area contributed by atoms with Gasteiger partial charge >= 0.3 is 0 Å². The van der Waals surface area contributed by atoms with E-state index >= 15 is 0 Å². The van der Waals surface area contributed by atoms with E-state index < -0.39 is 0 Å². The molecule has 3 rings (SSSR count). The highest BCUT2D eigenvalue weighted by Crippen LogP contribution is 2.19. The first-order chi connectivity index (χ1) is 11.2. The van der Waals surface area contributed by atoms with Crippen LogP contribution in [0, 0.1) is 0 Å². The summed E-state index contributed by atoms with van der Waals surface area (Å²) in [5.74, 6) is 1.51. The third kappa shape index (κ3) is 3.98. The van der Waals surface area contributed by atoms with Crippen LogP contribution in [0.15, 0.2) is 52.5 Å². The summed E-state index contributed by atoms with van der Waals surface area (Å²) in [4.78, 5) is 20.3. The highest BCUT2D eigenvalue weighted by atomic mass is 32.2. The molecular weight excluding hydrogens is 314 g/mol. The summed E-state index contributed by atoms with van der Waals surface area (Å²) in [7, 11) is 0. The van der Waals surface area contributed by atoms with Gasteiger partial charge in [0.25, 0.3) is 0 Å². The number of H-pyrrole nitrogens is 1. The summed E-state index contributed by atoms with van der Waals surface area (Å²) in [5.41, 5.74) is 0.898. The number of nitrogens with zero attached hydrogens (tertiary/aromatic N) is 3. The van der Waals surface area contributed by atoms with Gasteiger partial charge in [0.15, 0.2) is 5.82 Å². The van der Waals surface area contributed by atoms with Crippen LogP contribution in [0.25, 0.3) is 11.4 Å². The highest BCUT2D eigenvalue weighted by molar-refractivity contribution is 7.99. The molecule has 3 aromatic rings. The maximum atomic E-state index is 12.0. The lowest BCUT2D eigenvalue weighted by Crippen LogP contribution is -2.27. The van der Waals surface area contributed by atoms with E-state index in [9.17, 15) is 4.79 Å². The largest absolute Gasteiger partial charge is 0.467 e. The molecule has 7 nitrogen and oxygen atoms in total. The molecule has 0 spiro atoms. The number of aromatic nitrogens is 4. The predicted octanol–water partition coefficient (Wildman–Crippen LogP) is 2.43. The Bertz CT molecular complexity index is 757. The predicted molar refractivity (Wildman–Crippen MR) is 85.6 cm³/mol. The zero-order valence-electron chi connectivity index (χ0n) is 12.4. The van der Waals surface area contributed by atoms with E-state index in [0.717, 1.165) is 11.3 Å². The SMILES string of the molecule is C[C@H](NC(=O)CSc1n[nH]c(-c2ccncc2)n1)c1ccco1. The molecule has 23 heavy (non-hydrogen) atoms. The van der Waals surface area contributed by atoms with Crippen LogP contribution in [-0.2, 0) is 4.79 Å². The number of amides is 1. The molecule has 1 atom stereocenters. The summed E-state index contributed by atoms with van der Waals surface area (Å²) in [5, 5.41) is 10.3. The lowest BCUT2D eigenvalue weighted by molar-refractivity contribution is -0.119. The average molecular weight is 329 g/mol. The van der Waals surface area contributed by atoms with Gasteiger partial charge in [0.05, 0.1) is 18.1 Å². The molecule has 2 N–H and O–H groups in total. The Morgan fingerprint density at radius 3 is 2.96 bits per heavy atom. The second-order valence-electron chi connectivity index (χ2n) is 4.80. The standard InChI is InChI=1S/C15H15N5O2S/c1-10(12-3-2-8-22-12)17-13(21)9-23-15-18-14(19-20-15)11-4-6-16-7-5-11/h2-8,10H,9H2,1H3,(H,17,21)(H,18,19,20)/t10-/m0/s1. The molecule has 0 radical (unpaired) electrons. The van der Waals surface area contributed by atoms with Crippen molar-refractivity contribution in [1.82, 2.24) is 25.5 Å². The first kappa shape index (κ1) is 15.3. The Labute approximate surface area is 136 Å². The third-order valence-corrected chi connectivity index (χ3v) is 3.95. The van der Waals surface area contributed by atoms with Crippen molar-refractivity contribution in [1.29, 1.82) is 0 Å². The van der Waals surface area contributed by atoms with Crippen molar-refractivity contribution in [2.24, 2.45) is 0 Å². The topological polar surface area (TPSA) is 96.7 Å². The second kappa shape index (κ2) is 7.10. The van der Waals surface area contributed by atoms with Crippen LogP contribution in [-0.4, -0.2) is 31.8 Å². The molecule has 0 bridgehead atoms. The van der Waals surface area contributed by atoms with E-state index in [2.05, 4.69) is 25.5 Å². The minimum absolute atomic E-state index is 0.103. The molecule has 0 saturated carbocycles. The van der Waals surface area contributed by atoms with Crippen molar-refractivity contribution < 1.29 is 9.21 Å². The molecular formula is C15H15N5O2S. The zero-order valence-corrected chi connectivity index (χ0v) is 13.2. The number of aromatic amines is 1. The van der Waals surface area contributed by atoms with Gasteiger partial charge in [-0.3, -0.25) is 14.9 Å². The van der Waals surface area contributed by atoms with Crippen LogP contribution in [0.1, 0.15) is 18.7 Å². The minimum atomic E-state index is -0.169. The van der Waals surface area contributed by atoms with Gasteiger partial charge in [0, 0.05) is 18.0 Å². The van der Waals surface area contributed by atoms with Crippen molar-refractivity contribution in [3.63, 3.8) is 0 Å². The molecule has 0 saturated heterocycles. The quantitative estimate of drug-likeness (QED) is 0.674. The molecule has 3 aromatic heterocycles. The van der Waals surface area contributed by atoms with Crippen LogP contribution in [0.5, 0.6) is 0 Å². The third-order valence-electron chi connectivity index (χ3n) is 3.10. The van der Waals surface area contributed by atoms with Gasteiger partial charge in [-0.25, -0.2) is 4.98 Å². The van der Waals surface area contributed by atoms with Crippen molar-refractivity contribution in [2.75, 3.05) is 5.75 Å². The fraction of sp³-hybridized carbons (Fsp3) is 0.200. The Morgan fingerprint density at radius 1 is 1.39 bits per heavy atom. The maximum Gasteiger partial charge on any atom is 0.231 e. The van der Waals surface area contributed by atoms with E-state index in [4.69, 9.17) is 4.42 Å². The number of thioether (sulfide) groups is 1. The summed E-state index contributed by atoms with van der Waals surface area (Å²) in [6.45, 7) is 1.87. The summed E-state index contributed by atoms with van der Waals surface area (Å²) >= 11 is 1.27.